The molecule has 0 radical (unpaired) electrons. The Balaban J connectivity index is 1.98. The number of benzene rings is 2. The molecule has 0 aliphatic carbocycles. The number of pyridine rings is 1. The van der Waals surface area contributed by atoms with Gasteiger partial charge in [-0.2, -0.15) is 26.3 Å². The smallest absolute Gasteiger partial charge is 0.419 e. The molecule has 3 aromatic rings. The molecule has 5 nitrogen and oxygen atoms in total. The number of nitrogens with one attached hydrogen (secondary N) is 1. The highest BCUT2D eigenvalue weighted by Crippen LogP contribution is 2.37. The minimum absolute atomic E-state index is 0.0217. The van der Waals surface area contributed by atoms with Crippen LogP contribution in [-0.4, -0.2) is 28.1 Å². The third-order valence-electron chi connectivity index (χ3n) is 4.50. The van der Waals surface area contributed by atoms with Gasteiger partial charge in [-0.3, -0.25) is 4.79 Å². The van der Waals surface area contributed by atoms with E-state index in [4.69, 9.17) is 5.11 Å². The molecule has 0 fully saturated rings. The third kappa shape index (κ3) is 5.07. The van der Waals surface area contributed by atoms with E-state index in [0.717, 1.165) is 6.07 Å². The fraction of sp³-hybridized carbons (Fsp3) is 0.150. The Hall–Kier alpha value is -3.22. The lowest BCUT2D eigenvalue weighted by Gasteiger charge is -2.23. The summed E-state index contributed by atoms with van der Waals surface area (Å²) in [5.41, 5.74) is -3.49. The van der Waals surface area contributed by atoms with Crippen molar-refractivity contribution in [2.75, 3.05) is 0 Å². The van der Waals surface area contributed by atoms with Gasteiger partial charge in [0, 0.05) is 9.86 Å². The monoisotopic (exact) mass is 538 g/mol. The second kappa shape index (κ2) is 8.61. The topological polar surface area (TPSA) is 79.3 Å². The summed E-state index contributed by atoms with van der Waals surface area (Å²) in [7, 11) is 0. The summed E-state index contributed by atoms with van der Waals surface area (Å²) in [6.07, 6.45) is -10.5. The van der Waals surface area contributed by atoms with Crippen LogP contribution in [0.25, 0.3) is 10.9 Å². The maximum atomic E-state index is 13.6. The van der Waals surface area contributed by atoms with Crippen LogP contribution in [0.15, 0.2) is 46.9 Å². The molecule has 1 amide bonds. The van der Waals surface area contributed by atoms with Crippen LogP contribution in [0.3, 0.4) is 0 Å². The van der Waals surface area contributed by atoms with Gasteiger partial charge in [-0.1, -0.05) is 6.07 Å². The molecule has 2 aromatic carbocycles. The van der Waals surface area contributed by atoms with Crippen molar-refractivity contribution in [1.29, 1.82) is 0 Å². The van der Waals surface area contributed by atoms with Crippen LogP contribution in [0.5, 0.6) is 0 Å². The predicted molar refractivity (Wildman–Crippen MR) is 104 cm³/mol. The number of aromatic carboxylic acids is 1. The van der Waals surface area contributed by atoms with Crippen LogP contribution in [0.4, 0.5) is 30.7 Å². The summed E-state index contributed by atoms with van der Waals surface area (Å²) in [4.78, 5) is 27.5. The molecule has 3 rings (SSSR count). The Morgan fingerprint density at radius 2 is 1.67 bits per heavy atom. The summed E-state index contributed by atoms with van der Waals surface area (Å²) in [6, 6.07) is 2.48. The van der Waals surface area contributed by atoms with Gasteiger partial charge < -0.3 is 10.4 Å². The first-order chi connectivity index (χ1) is 15.2. The Bertz CT molecular complexity index is 1260. The molecule has 1 atom stereocenters. The fourth-order valence-corrected chi connectivity index (χ4v) is 3.60. The second-order valence-corrected chi connectivity index (χ2v) is 7.47. The number of halogens is 8. The second-order valence-electron chi connectivity index (χ2n) is 6.68. The lowest BCUT2D eigenvalue weighted by atomic mass is 10.0. The predicted octanol–water partition coefficient (Wildman–Crippen LogP) is 5.89. The number of carboxylic acids is 1. The van der Waals surface area contributed by atoms with Gasteiger partial charge in [0.2, 0.25) is 0 Å². The Morgan fingerprint density at radius 1 is 1.00 bits per heavy atom. The van der Waals surface area contributed by atoms with E-state index in [2.05, 4.69) is 20.9 Å². The van der Waals surface area contributed by atoms with Gasteiger partial charge in [0.15, 0.2) is 6.04 Å². The number of nitrogens with zero attached hydrogens (tertiary/aromatic N) is 1. The maximum absolute atomic E-state index is 13.6. The lowest BCUT2D eigenvalue weighted by Crippen LogP contribution is -2.38. The normalized spacial score (nSPS) is 13.1. The van der Waals surface area contributed by atoms with Crippen molar-refractivity contribution in [1.82, 2.24) is 10.3 Å². The largest absolute Gasteiger partial charge is 0.478 e. The van der Waals surface area contributed by atoms with Gasteiger partial charge in [0.25, 0.3) is 5.91 Å². The number of aromatic nitrogens is 1. The lowest BCUT2D eigenvalue weighted by molar-refractivity contribution is -0.156. The Kier molecular flexibility index (Phi) is 6.37. The average molecular weight is 539 g/mol. The molecule has 0 spiro atoms. The zero-order valence-electron chi connectivity index (χ0n) is 15.9. The number of hydrogen-bond acceptors (Lipinski definition) is 3. The van der Waals surface area contributed by atoms with Gasteiger partial charge in [-0.15, -0.1) is 0 Å². The number of fused-ring (bicyclic) bond motifs is 1. The van der Waals surface area contributed by atoms with Crippen molar-refractivity contribution >= 4 is 38.7 Å². The van der Waals surface area contributed by atoms with Gasteiger partial charge in [-0.05, 0) is 57.9 Å². The van der Waals surface area contributed by atoms with E-state index in [9.17, 15) is 40.3 Å². The molecule has 2 N–H and O–H groups in total. The summed E-state index contributed by atoms with van der Waals surface area (Å²) in [6.45, 7) is 0. The van der Waals surface area contributed by atoms with Gasteiger partial charge >= 0.3 is 18.3 Å². The van der Waals surface area contributed by atoms with Gasteiger partial charge in [0.05, 0.1) is 16.6 Å². The number of hydrogen-bond donors (Lipinski definition) is 2. The first-order valence-electron chi connectivity index (χ1n) is 8.77. The van der Waals surface area contributed by atoms with Crippen LogP contribution in [0, 0.1) is 5.82 Å². The van der Waals surface area contributed by atoms with E-state index in [1.165, 1.54) is 18.2 Å². The standard InChI is InChI=1S/C20H10BrF7N2O3/c21-15-9-2-6-14(29-13(9)5-3-10(15)18(32)33)17(31)30-16(20(26,27)28)8-1-4-12(22)11(7-8)19(23,24)25/h1-7,16H,(H,30,31)(H,32,33). The van der Waals surface area contributed by atoms with Gasteiger partial charge in [0.1, 0.15) is 11.5 Å². The number of amides is 1. The zero-order chi connectivity index (χ0) is 24.7. The SMILES string of the molecule is O=C(NC(c1ccc(F)c(C(F)(F)F)c1)C(F)(F)F)c1ccc2c(Br)c(C(=O)O)ccc2n1. The first kappa shape index (κ1) is 24.4. The van der Waals surface area contributed by atoms with Crippen LogP contribution in [0.2, 0.25) is 0 Å². The highest BCUT2D eigenvalue weighted by atomic mass is 79.9. The molecule has 0 aliphatic rings. The molecule has 1 heterocycles. The molecule has 0 saturated heterocycles. The van der Waals surface area contributed by atoms with Crippen molar-refractivity contribution in [3.05, 3.63) is 75.1 Å². The summed E-state index contributed by atoms with van der Waals surface area (Å²) >= 11 is 3.08. The van der Waals surface area contributed by atoms with Gasteiger partial charge in [-0.25, -0.2) is 14.2 Å². The fourth-order valence-electron chi connectivity index (χ4n) is 2.96. The molecule has 0 saturated carbocycles. The molecule has 1 unspecified atom stereocenters. The molecular weight excluding hydrogens is 529 g/mol. The third-order valence-corrected chi connectivity index (χ3v) is 5.35. The Labute approximate surface area is 188 Å². The van der Waals surface area contributed by atoms with Crippen molar-refractivity contribution in [2.24, 2.45) is 0 Å². The number of carbonyl (C=O) groups excluding carboxylic acids is 1. The highest BCUT2D eigenvalue weighted by Gasteiger charge is 2.44. The first-order valence-corrected chi connectivity index (χ1v) is 9.56. The number of carboxylic acid groups (broad SMARTS) is 1. The van der Waals surface area contributed by atoms with E-state index in [1.807, 2.05) is 0 Å². The van der Waals surface area contributed by atoms with E-state index in [-0.39, 0.29) is 33.1 Å². The van der Waals surface area contributed by atoms with Crippen molar-refractivity contribution < 1.29 is 45.4 Å². The summed E-state index contributed by atoms with van der Waals surface area (Å²) in [5.74, 6) is -4.38. The van der Waals surface area contributed by atoms with E-state index < -0.39 is 52.9 Å². The highest BCUT2D eigenvalue weighted by molar-refractivity contribution is 9.10. The van der Waals surface area contributed by atoms with E-state index in [0.29, 0.717) is 6.07 Å². The molecular formula is C20H10BrF7N2O3. The van der Waals surface area contributed by atoms with E-state index in [1.54, 1.807) is 5.32 Å². The molecule has 1 aromatic heterocycles. The quantitative estimate of drug-likeness (QED) is 0.406. The summed E-state index contributed by atoms with van der Waals surface area (Å²) in [5, 5.41) is 11.0. The molecule has 13 heteroatoms. The van der Waals surface area contributed by atoms with Crippen LogP contribution >= 0.6 is 15.9 Å². The van der Waals surface area contributed by atoms with Crippen molar-refractivity contribution in [3.63, 3.8) is 0 Å². The van der Waals surface area contributed by atoms with Crippen molar-refractivity contribution in [3.8, 4) is 0 Å². The minimum atomic E-state index is -5.25. The minimum Gasteiger partial charge on any atom is -0.478 e. The maximum Gasteiger partial charge on any atom is 0.419 e. The molecule has 0 bridgehead atoms. The van der Waals surface area contributed by atoms with Crippen molar-refractivity contribution in [2.45, 2.75) is 18.4 Å². The number of carbonyl (C=O) groups is 2. The Morgan fingerprint density at radius 3 is 2.24 bits per heavy atom. The average Bonchev–Trinajstić information content (AvgIpc) is 2.70. The molecule has 33 heavy (non-hydrogen) atoms. The summed E-state index contributed by atoms with van der Waals surface area (Å²) < 4.78 is 93.0. The molecule has 0 aliphatic heterocycles. The molecule has 174 valence electrons. The number of alkyl halides is 6. The van der Waals surface area contributed by atoms with Crippen LogP contribution in [0.1, 0.15) is 38.0 Å². The van der Waals surface area contributed by atoms with Crippen LogP contribution < -0.4 is 5.32 Å². The number of rotatable bonds is 4. The zero-order valence-corrected chi connectivity index (χ0v) is 17.4. The van der Waals surface area contributed by atoms with E-state index >= 15 is 0 Å². The van der Waals surface area contributed by atoms with Crippen LogP contribution in [-0.2, 0) is 6.18 Å².